The van der Waals surface area contributed by atoms with Gasteiger partial charge in [-0.2, -0.15) is 0 Å². The summed E-state index contributed by atoms with van der Waals surface area (Å²) in [5, 5.41) is 7.22. The van der Waals surface area contributed by atoms with E-state index in [9.17, 15) is 4.55 Å². The number of rotatable bonds is 0. The third-order valence-electron chi connectivity index (χ3n) is 0.865. The largest absolute Gasteiger partial charge is 0.610 e. The lowest BCUT2D eigenvalue weighted by Gasteiger charge is -2.09. The molecule has 1 unspecified atom stereocenters. The summed E-state index contributed by atoms with van der Waals surface area (Å²) in [5.41, 5.74) is 0. The minimum absolute atomic E-state index is 0. The Hall–Kier alpha value is -0.350. The van der Waals surface area contributed by atoms with Crippen molar-refractivity contribution in [1.29, 1.82) is 5.41 Å². The Balaban J connectivity index is 0.000000640. The number of nitrogens with one attached hydrogen (secondary N) is 1. The lowest BCUT2D eigenvalue weighted by Crippen LogP contribution is -2.24. The van der Waals surface area contributed by atoms with Gasteiger partial charge in [0.05, 0.1) is 0 Å². The Morgan fingerprint density at radius 3 is 2.78 bits per heavy atom. The predicted molar refractivity (Wildman–Crippen MR) is 40.8 cm³/mol. The van der Waals surface area contributed by atoms with Crippen molar-refractivity contribution in [2.45, 2.75) is 7.43 Å². The van der Waals surface area contributed by atoms with Gasteiger partial charge in [0, 0.05) is 17.4 Å². The molecule has 0 aliphatic carbocycles. The van der Waals surface area contributed by atoms with Crippen LogP contribution in [0.4, 0.5) is 0 Å². The number of nitrogens with zero attached hydrogens (tertiary/aromatic N) is 1. The zero-order valence-electron chi connectivity index (χ0n) is 4.26. The van der Waals surface area contributed by atoms with Crippen molar-refractivity contribution in [2.24, 2.45) is 4.99 Å². The lowest BCUT2D eigenvalue weighted by molar-refractivity contribution is 0.608. The minimum atomic E-state index is -1.05. The molecule has 4 heteroatoms. The number of aliphatic imine (C=N–C) groups is 1. The van der Waals surface area contributed by atoms with Crippen molar-refractivity contribution >= 4 is 22.4 Å². The van der Waals surface area contributed by atoms with E-state index in [2.05, 4.69) is 4.99 Å². The summed E-state index contributed by atoms with van der Waals surface area (Å²) in [6, 6.07) is 0. The lowest BCUT2D eigenvalue weighted by atomic mass is 10.7. The predicted octanol–water partition coefficient (Wildman–Crippen LogP) is 0.433. The zero-order chi connectivity index (χ0) is 5.98. The molecule has 0 aromatic rings. The molecule has 0 radical (unpaired) electrons. The molecule has 1 aliphatic heterocycles. The highest BCUT2D eigenvalue weighted by Crippen LogP contribution is 1.96. The first-order valence-corrected chi connectivity index (χ1v) is 3.56. The number of hydrogen-bond acceptors (Lipinski definition) is 3. The van der Waals surface area contributed by atoms with E-state index in [0.29, 0.717) is 12.3 Å². The van der Waals surface area contributed by atoms with Crippen molar-refractivity contribution in [3.63, 3.8) is 0 Å². The van der Waals surface area contributed by atoms with Crippen LogP contribution in [0.5, 0.6) is 0 Å². The van der Waals surface area contributed by atoms with Gasteiger partial charge in [0.2, 0.25) is 5.04 Å². The molecule has 0 amide bonds. The summed E-state index contributed by atoms with van der Waals surface area (Å²) in [6.07, 6.45) is 1.61. The Morgan fingerprint density at radius 2 is 2.44 bits per heavy atom. The van der Waals surface area contributed by atoms with Crippen LogP contribution in [-0.4, -0.2) is 28.1 Å². The Kier molecular flexibility index (Phi) is 3.49. The Bertz CT molecular complexity index is 135. The van der Waals surface area contributed by atoms with E-state index < -0.39 is 11.2 Å². The second-order valence-corrected chi connectivity index (χ2v) is 2.98. The maximum atomic E-state index is 10.6. The average molecular weight is 146 g/mol. The van der Waals surface area contributed by atoms with Gasteiger partial charge in [-0.25, -0.2) is 0 Å². The van der Waals surface area contributed by atoms with Gasteiger partial charge in [-0.15, -0.1) is 0 Å². The van der Waals surface area contributed by atoms with Gasteiger partial charge in [-0.05, 0) is 0 Å². The van der Waals surface area contributed by atoms with Gasteiger partial charge in [0.25, 0.3) is 0 Å². The quantitative estimate of drug-likeness (QED) is 0.495. The van der Waals surface area contributed by atoms with Crippen LogP contribution in [0.15, 0.2) is 4.99 Å². The summed E-state index contributed by atoms with van der Waals surface area (Å²) in [5.74, 6) is 0.429. The molecule has 1 atom stereocenters. The average Bonchev–Trinajstić information content (AvgIpc) is 1.77. The standard InChI is InChI=1S/C4H6N2OS.CH4/c5-4-3-6-1-2-8(4)7;/h1,5H,2-3H2;1H4. The van der Waals surface area contributed by atoms with Gasteiger partial charge < -0.3 is 4.55 Å². The van der Waals surface area contributed by atoms with Gasteiger partial charge >= 0.3 is 0 Å². The molecule has 1 rings (SSSR count). The third-order valence-corrected chi connectivity index (χ3v) is 2.00. The van der Waals surface area contributed by atoms with Crippen molar-refractivity contribution < 1.29 is 4.55 Å². The van der Waals surface area contributed by atoms with Gasteiger partial charge in [-0.3, -0.25) is 10.4 Å². The normalized spacial score (nSPS) is 25.4. The molecule has 0 aromatic heterocycles. The fraction of sp³-hybridized carbons (Fsp3) is 0.600. The second kappa shape index (κ2) is 3.63. The third kappa shape index (κ3) is 2.15. The SMILES string of the molecule is C.N=C1CN=CC[S+]1[O-]. The van der Waals surface area contributed by atoms with Crippen LogP contribution >= 0.6 is 0 Å². The van der Waals surface area contributed by atoms with Gasteiger partial charge in [0.1, 0.15) is 12.3 Å². The fourth-order valence-electron chi connectivity index (χ4n) is 0.440. The van der Waals surface area contributed by atoms with E-state index >= 15 is 0 Å². The van der Waals surface area contributed by atoms with Crippen molar-refractivity contribution in [3.05, 3.63) is 0 Å². The topological polar surface area (TPSA) is 59.3 Å². The van der Waals surface area contributed by atoms with Crippen molar-refractivity contribution in [1.82, 2.24) is 0 Å². The molecule has 0 spiro atoms. The Labute approximate surface area is 57.9 Å². The van der Waals surface area contributed by atoms with E-state index in [1.165, 1.54) is 0 Å². The summed E-state index contributed by atoms with van der Waals surface area (Å²) < 4.78 is 10.6. The molecule has 0 saturated heterocycles. The van der Waals surface area contributed by atoms with Crippen molar-refractivity contribution in [2.75, 3.05) is 12.3 Å². The minimum Gasteiger partial charge on any atom is -0.610 e. The Morgan fingerprint density at radius 1 is 1.78 bits per heavy atom. The molecule has 52 valence electrons. The van der Waals surface area contributed by atoms with Gasteiger partial charge in [-0.1, -0.05) is 7.43 Å². The first-order valence-electron chi connectivity index (χ1n) is 2.25. The van der Waals surface area contributed by atoms with Crippen molar-refractivity contribution in [3.8, 4) is 0 Å². The molecule has 1 aliphatic rings. The summed E-state index contributed by atoms with van der Waals surface area (Å²) in [4.78, 5) is 3.77. The molecule has 0 fully saturated rings. The van der Waals surface area contributed by atoms with E-state index in [-0.39, 0.29) is 12.5 Å². The van der Waals surface area contributed by atoms with Gasteiger partial charge in [0.15, 0.2) is 0 Å². The highest BCUT2D eigenvalue weighted by Gasteiger charge is 2.15. The molecule has 3 nitrogen and oxygen atoms in total. The molecule has 1 heterocycles. The highest BCUT2D eigenvalue weighted by molar-refractivity contribution is 8.06. The smallest absolute Gasteiger partial charge is 0.235 e. The van der Waals surface area contributed by atoms with Crippen LogP contribution in [0.25, 0.3) is 0 Å². The van der Waals surface area contributed by atoms with E-state index in [0.717, 1.165) is 0 Å². The summed E-state index contributed by atoms with van der Waals surface area (Å²) in [6.45, 7) is 0.326. The van der Waals surface area contributed by atoms with E-state index in [4.69, 9.17) is 5.41 Å². The van der Waals surface area contributed by atoms with E-state index in [1.807, 2.05) is 0 Å². The van der Waals surface area contributed by atoms with Crippen LogP contribution in [0.3, 0.4) is 0 Å². The highest BCUT2D eigenvalue weighted by atomic mass is 32.2. The zero-order valence-corrected chi connectivity index (χ0v) is 5.07. The maximum Gasteiger partial charge on any atom is 0.235 e. The van der Waals surface area contributed by atoms with Crippen LogP contribution < -0.4 is 0 Å². The van der Waals surface area contributed by atoms with E-state index in [1.54, 1.807) is 6.21 Å². The second-order valence-electron chi connectivity index (χ2n) is 1.46. The van der Waals surface area contributed by atoms with Crippen LogP contribution in [0.1, 0.15) is 7.43 Å². The summed E-state index contributed by atoms with van der Waals surface area (Å²) >= 11 is -1.05. The number of hydrogen-bond donors (Lipinski definition) is 1. The van der Waals surface area contributed by atoms with Crippen LogP contribution in [-0.2, 0) is 11.2 Å². The van der Waals surface area contributed by atoms with Crippen LogP contribution in [0.2, 0.25) is 0 Å². The molecular formula is C5H10N2OS. The first-order chi connectivity index (χ1) is 3.80. The van der Waals surface area contributed by atoms with Crippen LogP contribution in [0, 0.1) is 5.41 Å². The first kappa shape index (κ1) is 8.65. The molecule has 1 N–H and O–H groups in total. The molecular weight excluding hydrogens is 136 g/mol. The fourth-order valence-corrected chi connectivity index (χ4v) is 1.10. The maximum absolute atomic E-state index is 10.6. The summed E-state index contributed by atoms with van der Waals surface area (Å²) in [7, 11) is 0. The molecule has 0 saturated carbocycles. The molecule has 0 bridgehead atoms. The molecule has 0 aromatic carbocycles. The monoisotopic (exact) mass is 146 g/mol. The molecule has 9 heavy (non-hydrogen) atoms.